The molecule has 0 aromatic heterocycles. The molecular weight excluding hydrogens is 489 g/mol. The predicted octanol–water partition coefficient (Wildman–Crippen LogP) is 3.90. The zero-order valence-electron chi connectivity index (χ0n) is 19.0. The molecule has 8 nitrogen and oxygen atoms in total. The number of nitrogens with zero attached hydrogens (tertiary/aromatic N) is 2. The highest BCUT2D eigenvalue weighted by Gasteiger charge is 2.40. The molecule has 0 radical (unpaired) electrons. The highest BCUT2D eigenvalue weighted by atomic mass is 35.5. The number of aliphatic hydroxyl groups is 1. The van der Waals surface area contributed by atoms with Crippen molar-refractivity contribution in [3.63, 3.8) is 0 Å². The number of nitrogens with one attached hydrogen (secondary N) is 1. The maximum atomic E-state index is 14.3. The van der Waals surface area contributed by atoms with Crippen molar-refractivity contribution in [3.8, 4) is 0 Å². The molecule has 0 saturated carbocycles. The van der Waals surface area contributed by atoms with Gasteiger partial charge in [0.1, 0.15) is 17.6 Å². The summed E-state index contributed by atoms with van der Waals surface area (Å²) in [6.07, 6.45) is 1.64. The number of carbonyl (C=O) groups excluding carboxylic acids is 4. The molecule has 1 saturated heterocycles. The number of hydrogen-bond acceptors (Lipinski definition) is 6. The van der Waals surface area contributed by atoms with Crippen LogP contribution in [0.1, 0.15) is 53.1 Å². The minimum Gasteiger partial charge on any atom is -0.511 e. The molecule has 1 fully saturated rings. The first-order valence-corrected chi connectivity index (χ1v) is 11.8. The summed E-state index contributed by atoms with van der Waals surface area (Å²) in [7, 11) is 0. The molecule has 2 N–H and O–H groups in total. The smallest absolute Gasteiger partial charge is 0.255 e. The highest BCUT2D eigenvalue weighted by Crippen LogP contribution is 2.38. The van der Waals surface area contributed by atoms with Gasteiger partial charge in [0.15, 0.2) is 5.78 Å². The Kier molecular flexibility index (Phi) is 6.17. The van der Waals surface area contributed by atoms with Crippen LogP contribution in [-0.4, -0.2) is 45.8 Å². The van der Waals surface area contributed by atoms with Gasteiger partial charge in [0.25, 0.3) is 5.91 Å². The summed E-state index contributed by atoms with van der Waals surface area (Å²) < 4.78 is 14.3. The Hall–Kier alpha value is -3.85. The van der Waals surface area contributed by atoms with Gasteiger partial charge in [-0.05, 0) is 30.7 Å². The molecule has 1 aliphatic carbocycles. The average molecular weight is 510 g/mol. The monoisotopic (exact) mass is 509 g/mol. The third kappa shape index (κ3) is 4.19. The molecule has 5 rings (SSSR count). The van der Waals surface area contributed by atoms with Gasteiger partial charge in [-0.2, -0.15) is 0 Å². The standard InChI is InChI=1S/C26H21ClFN3O5/c27-17-4-2-5-18(28)24(17)13-9-21(32)15(22(33)10-13)11-29-19-6-1-3-14-16(19)12-31(26(14)36)20-7-8-23(34)30-25(20)35/h1-6,11,13,20,32H,7-10,12H2,(H,30,34,35). The average Bonchev–Trinajstić information content (AvgIpc) is 3.15. The largest absolute Gasteiger partial charge is 0.511 e. The molecule has 2 aromatic carbocycles. The van der Waals surface area contributed by atoms with Gasteiger partial charge in [0, 0.05) is 59.7 Å². The fourth-order valence-corrected chi connectivity index (χ4v) is 5.30. The number of benzene rings is 2. The number of imide groups is 1. The Morgan fingerprint density at radius 1 is 1.11 bits per heavy atom. The number of hydrogen-bond donors (Lipinski definition) is 2. The van der Waals surface area contributed by atoms with Crippen molar-refractivity contribution in [1.29, 1.82) is 0 Å². The normalized spacial score (nSPS) is 22.4. The van der Waals surface area contributed by atoms with E-state index in [0.717, 1.165) is 0 Å². The van der Waals surface area contributed by atoms with Gasteiger partial charge in [-0.25, -0.2) is 4.39 Å². The molecule has 36 heavy (non-hydrogen) atoms. The van der Waals surface area contributed by atoms with E-state index < -0.39 is 29.5 Å². The Morgan fingerprint density at radius 2 is 1.89 bits per heavy atom. The molecule has 2 heterocycles. The second-order valence-corrected chi connectivity index (χ2v) is 9.39. The zero-order chi connectivity index (χ0) is 25.6. The van der Waals surface area contributed by atoms with Gasteiger partial charge in [-0.15, -0.1) is 0 Å². The molecule has 2 atom stereocenters. The van der Waals surface area contributed by atoms with E-state index in [4.69, 9.17) is 11.6 Å². The van der Waals surface area contributed by atoms with E-state index in [1.54, 1.807) is 18.2 Å². The molecule has 0 bridgehead atoms. The summed E-state index contributed by atoms with van der Waals surface area (Å²) in [6.45, 7) is 0.126. The van der Waals surface area contributed by atoms with Crippen LogP contribution in [-0.2, 0) is 20.9 Å². The first kappa shape index (κ1) is 23.9. The highest BCUT2D eigenvalue weighted by molar-refractivity contribution is 6.31. The number of piperidine rings is 1. The number of carbonyl (C=O) groups is 4. The lowest BCUT2D eigenvalue weighted by atomic mass is 9.82. The van der Waals surface area contributed by atoms with Crippen molar-refractivity contribution >= 4 is 47.0 Å². The van der Waals surface area contributed by atoms with E-state index in [1.165, 1.54) is 29.3 Å². The van der Waals surface area contributed by atoms with Crippen LogP contribution in [0.3, 0.4) is 0 Å². The minimum atomic E-state index is -0.756. The van der Waals surface area contributed by atoms with Crippen molar-refractivity contribution in [2.45, 2.75) is 44.2 Å². The summed E-state index contributed by atoms with van der Waals surface area (Å²) in [5.41, 5.74) is 1.60. The number of rotatable bonds is 4. The summed E-state index contributed by atoms with van der Waals surface area (Å²) in [4.78, 5) is 55.4. The van der Waals surface area contributed by atoms with Crippen LogP contribution in [0.15, 0.2) is 52.7 Å². The summed E-state index contributed by atoms with van der Waals surface area (Å²) in [6, 6.07) is 8.47. The lowest BCUT2D eigenvalue weighted by molar-refractivity contribution is -0.137. The van der Waals surface area contributed by atoms with Gasteiger partial charge in [0.2, 0.25) is 11.8 Å². The molecule has 3 aliphatic rings. The van der Waals surface area contributed by atoms with E-state index in [1.807, 2.05) is 0 Å². The molecule has 2 unspecified atom stereocenters. The molecule has 2 aromatic rings. The minimum absolute atomic E-state index is 0.0164. The Labute approximate surface area is 210 Å². The lowest BCUT2D eigenvalue weighted by Gasteiger charge is -2.29. The molecule has 2 aliphatic heterocycles. The maximum absolute atomic E-state index is 14.3. The first-order chi connectivity index (χ1) is 17.2. The topological polar surface area (TPSA) is 116 Å². The number of aliphatic hydroxyl groups excluding tert-OH is 1. The van der Waals surface area contributed by atoms with Crippen molar-refractivity contribution in [2.75, 3.05) is 0 Å². The zero-order valence-corrected chi connectivity index (χ0v) is 19.7. The van der Waals surface area contributed by atoms with Gasteiger partial charge < -0.3 is 10.0 Å². The van der Waals surface area contributed by atoms with Gasteiger partial charge in [-0.3, -0.25) is 29.5 Å². The predicted molar refractivity (Wildman–Crippen MR) is 129 cm³/mol. The Bertz CT molecular complexity index is 1370. The van der Waals surface area contributed by atoms with Gasteiger partial charge in [-0.1, -0.05) is 23.7 Å². The number of halogens is 2. The summed E-state index contributed by atoms with van der Waals surface area (Å²) >= 11 is 6.14. The van der Waals surface area contributed by atoms with Crippen molar-refractivity contribution < 1.29 is 28.7 Å². The molecule has 3 amide bonds. The van der Waals surface area contributed by atoms with E-state index in [2.05, 4.69) is 10.3 Å². The van der Waals surface area contributed by atoms with Crippen molar-refractivity contribution in [3.05, 3.63) is 75.3 Å². The van der Waals surface area contributed by atoms with E-state index in [9.17, 15) is 28.7 Å². The van der Waals surface area contributed by atoms with Crippen LogP contribution in [0.5, 0.6) is 0 Å². The van der Waals surface area contributed by atoms with Crippen molar-refractivity contribution in [1.82, 2.24) is 10.2 Å². The maximum Gasteiger partial charge on any atom is 0.255 e. The van der Waals surface area contributed by atoms with E-state index in [0.29, 0.717) is 16.8 Å². The fourth-order valence-electron chi connectivity index (χ4n) is 4.99. The van der Waals surface area contributed by atoms with Crippen molar-refractivity contribution in [2.24, 2.45) is 4.99 Å². The molecule has 184 valence electrons. The Balaban J connectivity index is 1.39. The lowest BCUT2D eigenvalue weighted by Crippen LogP contribution is -2.52. The number of Topliss-reactive ketones (excluding diaryl/α,β-unsaturated/α-hetero) is 1. The van der Waals surface area contributed by atoms with E-state index >= 15 is 0 Å². The van der Waals surface area contributed by atoms with Gasteiger partial charge >= 0.3 is 0 Å². The quantitative estimate of drug-likeness (QED) is 0.479. The van der Waals surface area contributed by atoms with Gasteiger partial charge in [0.05, 0.1) is 11.3 Å². The number of fused-ring (bicyclic) bond motifs is 1. The van der Waals surface area contributed by atoms with Crippen LogP contribution in [0, 0.1) is 5.82 Å². The van der Waals surface area contributed by atoms with Crippen LogP contribution in [0.2, 0.25) is 5.02 Å². The van der Waals surface area contributed by atoms with Crippen LogP contribution < -0.4 is 5.32 Å². The van der Waals surface area contributed by atoms with E-state index in [-0.39, 0.29) is 66.0 Å². The third-order valence-corrected chi connectivity index (χ3v) is 7.11. The van der Waals surface area contributed by atoms with Crippen LogP contribution >= 0.6 is 11.6 Å². The summed E-state index contributed by atoms with van der Waals surface area (Å²) in [5, 5.41) is 13.1. The second kappa shape index (κ2) is 9.31. The SMILES string of the molecule is O=C1CCC(N2Cc3c(N=CC4=C(O)CC(c5c(F)cccc5Cl)CC4=O)cccc3C2=O)C(=O)N1. The first-order valence-electron chi connectivity index (χ1n) is 11.4. The third-order valence-electron chi connectivity index (χ3n) is 6.78. The number of ketones is 1. The van der Waals surface area contributed by atoms with Crippen LogP contribution in [0.25, 0.3) is 0 Å². The summed E-state index contributed by atoms with van der Waals surface area (Å²) in [5.74, 6) is -2.95. The Morgan fingerprint density at radius 3 is 2.61 bits per heavy atom. The number of amides is 3. The number of allylic oxidation sites excluding steroid dienone is 2. The molecule has 0 spiro atoms. The molecular formula is C26H21ClFN3O5. The second-order valence-electron chi connectivity index (χ2n) is 8.99. The molecule has 10 heteroatoms. The van der Waals surface area contributed by atoms with Crippen LogP contribution in [0.4, 0.5) is 10.1 Å². The fraction of sp³-hybridized carbons (Fsp3) is 0.269. The number of aliphatic imine (C=N–C) groups is 1.